The third-order valence-corrected chi connectivity index (χ3v) is 5.24. The lowest BCUT2D eigenvalue weighted by Crippen LogP contribution is -2.38. The van der Waals surface area contributed by atoms with Crippen LogP contribution in [-0.4, -0.2) is 56.8 Å². The molecule has 1 saturated heterocycles. The zero-order valence-electron chi connectivity index (χ0n) is 14.2. The molecule has 1 aliphatic heterocycles. The third-order valence-electron chi connectivity index (χ3n) is 5.24. The minimum atomic E-state index is 0.269. The van der Waals surface area contributed by atoms with Gasteiger partial charge in [0.15, 0.2) is 11.5 Å². The molecule has 0 spiro atoms. The van der Waals surface area contributed by atoms with E-state index in [-0.39, 0.29) is 5.92 Å². The first-order chi connectivity index (χ1) is 11.7. The van der Waals surface area contributed by atoms with Gasteiger partial charge < -0.3 is 9.80 Å². The van der Waals surface area contributed by atoms with Gasteiger partial charge in [-0.15, -0.1) is 15.3 Å². The summed E-state index contributed by atoms with van der Waals surface area (Å²) in [5, 5.41) is 12.8. The van der Waals surface area contributed by atoms with E-state index in [1.54, 1.807) is 4.52 Å². The van der Waals surface area contributed by atoms with E-state index < -0.39 is 0 Å². The topological polar surface area (TPSA) is 66.6 Å². The highest BCUT2D eigenvalue weighted by Crippen LogP contribution is 2.27. The van der Waals surface area contributed by atoms with E-state index in [9.17, 15) is 4.79 Å². The molecular weight excluding hydrogens is 304 g/mol. The van der Waals surface area contributed by atoms with Gasteiger partial charge >= 0.3 is 0 Å². The van der Waals surface area contributed by atoms with Gasteiger partial charge in [-0.2, -0.15) is 4.52 Å². The van der Waals surface area contributed by atoms with Crippen molar-refractivity contribution >= 4 is 17.4 Å². The molecule has 0 atom stereocenters. The van der Waals surface area contributed by atoms with Gasteiger partial charge in [0.05, 0.1) is 0 Å². The molecular formula is C17H24N6O. The van der Waals surface area contributed by atoms with Gasteiger partial charge in [-0.3, -0.25) is 4.79 Å². The highest BCUT2D eigenvalue weighted by molar-refractivity contribution is 5.79. The first kappa shape index (κ1) is 15.4. The van der Waals surface area contributed by atoms with Crippen LogP contribution in [0.5, 0.6) is 0 Å². The lowest BCUT2D eigenvalue weighted by molar-refractivity contribution is -0.135. The van der Waals surface area contributed by atoms with E-state index in [0.29, 0.717) is 5.91 Å². The number of carbonyl (C=O) groups is 1. The van der Waals surface area contributed by atoms with Crippen molar-refractivity contribution in [2.75, 3.05) is 31.1 Å². The van der Waals surface area contributed by atoms with Gasteiger partial charge in [-0.25, -0.2) is 0 Å². The third kappa shape index (κ3) is 2.83. The van der Waals surface area contributed by atoms with Crippen molar-refractivity contribution in [1.82, 2.24) is 24.7 Å². The Morgan fingerprint density at radius 3 is 2.71 bits per heavy atom. The number of amides is 1. The van der Waals surface area contributed by atoms with Crippen LogP contribution in [0, 0.1) is 12.8 Å². The monoisotopic (exact) mass is 328 g/mol. The molecule has 1 saturated carbocycles. The van der Waals surface area contributed by atoms with Crippen LogP contribution in [0.15, 0.2) is 12.1 Å². The number of hydrogen-bond donors (Lipinski definition) is 0. The Kier molecular flexibility index (Phi) is 4.08. The average Bonchev–Trinajstić information content (AvgIpc) is 3.19. The maximum atomic E-state index is 12.7. The van der Waals surface area contributed by atoms with Crippen LogP contribution in [0.3, 0.4) is 0 Å². The van der Waals surface area contributed by atoms with E-state index >= 15 is 0 Å². The van der Waals surface area contributed by atoms with Crippen molar-refractivity contribution in [3.8, 4) is 0 Å². The van der Waals surface area contributed by atoms with Crippen LogP contribution in [-0.2, 0) is 4.79 Å². The van der Waals surface area contributed by atoms with Gasteiger partial charge in [-0.1, -0.05) is 12.8 Å². The smallest absolute Gasteiger partial charge is 0.225 e. The number of anilines is 1. The fraction of sp³-hybridized carbons (Fsp3) is 0.647. The molecule has 7 heteroatoms. The molecule has 128 valence electrons. The predicted molar refractivity (Wildman–Crippen MR) is 90.9 cm³/mol. The Bertz CT molecular complexity index is 736. The normalized spacial score (nSPS) is 19.9. The molecule has 2 aromatic rings. The molecule has 1 amide bonds. The fourth-order valence-corrected chi connectivity index (χ4v) is 3.85. The molecule has 2 aliphatic rings. The van der Waals surface area contributed by atoms with E-state index in [0.717, 1.165) is 62.7 Å². The first-order valence-corrected chi connectivity index (χ1v) is 8.95. The summed E-state index contributed by atoms with van der Waals surface area (Å²) >= 11 is 0. The molecule has 24 heavy (non-hydrogen) atoms. The van der Waals surface area contributed by atoms with Gasteiger partial charge in [0, 0.05) is 32.1 Å². The minimum Gasteiger partial charge on any atom is -0.353 e. The van der Waals surface area contributed by atoms with Crippen LogP contribution in [0.25, 0.3) is 5.65 Å². The number of fused-ring (bicyclic) bond motifs is 1. The van der Waals surface area contributed by atoms with E-state index in [4.69, 9.17) is 0 Å². The van der Waals surface area contributed by atoms with Crippen molar-refractivity contribution in [2.45, 2.75) is 39.0 Å². The Balaban J connectivity index is 1.47. The molecule has 1 aliphatic carbocycles. The summed E-state index contributed by atoms with van der Waals surface area (Å²) in [4.78, 5) is 17.0. The van der Waals surface area contributed by atoms with Crippen molar-refractivity contribution in [1.29, 1.82) is 0 Å². The van der Waals surface area contributed by atoms with Crippen molar-refractivity contribution in [3.63, 3.8) is 0 Å². The molecule has 7 nitrogen and oxygen atoms in total. The number of hydrogen-bond acceptors (Lipinski definition) is 5. The average molecular weight is 328 g/mol. The van der Waals surface area contributed by atoms with Gasteiger partial charge in [0.2, 0.25) is 5.91 Å². The van der Waals surface area contributed by atoms with Crippen LogP contribution in [0.4, 0.5) is 5.82 Å². The standard InChI is InChI=1S/C17H24N6O/c1-13-18-19-15-7-8-16(20-23(13)15)21-9-4-10-22(12-11-21)17(24)14-5-2-3-6-14/h7-8,14H,2-6,9-12H2,1H3. The lowest BCUT2D eigenvalue weighted by atomic mass is 10.1. The Labute approximate surface area is 141 Å². The second kappa shape index (κ2) is 6.37. The second-order valence-corrected chi connectivity index (χ2v) is 6.86. The SMILES string of the molecule is Cc1nnc2ccc(N3CCCN(C(=O)C4CCCC4)CC3)nn12. The molecule has 2 fully saturated rings. The largest absolute Gasteiger partial charge is 0.353 e. The van der Waals surface area contributed by atoms with Crippen LogP contribution >= 0.6 is 0 Å². The molecule has 0 N–H and O–H groups in total. The summed E-state index contributed by atoms with van der Waals surface area (Å²) in [5.74, 6) is 2.36. The van der Waals surface area contributed by atoms with Crippen LogP contribution < -0.4 is 4.90 Å². The number of carbonyl (C=O) groups excluding carboxylic acids is 1. The van der Waals surface area contributed by atoms with E-state index in [1.807, 2.05) is 19.1 Å². The molecule has 0 aromatic carbocycles. The van der Waals surface area contributed by atoms with Crippen LogP contribution in [0.2, 0.25) is 0 Å². The number of rotatable bonds is 2. The molecule has 0 unspecified atom stereocenters. The highest BCUT2D eigenvalue weighted by atomic mass is 16.2. The molecule has 0 bridgehead atoms. The summed E-state index contributed by atoms with van der Waals surface area (Å²) < 4.78 is 1.78. The summed E-state index contributed by atoms with van der Waals surface area (Å²) in [7, 11) is 0. The fourth-order valence-electron chi connectivity index (χ4n) is 3.85. The van der Waals surface area contributed by atoms with Gasteiger partial charge in [-0.05, 0) is 38.3 Å². The van der Waals surface area contributed by atoms with Crippen molar-refractivity contribution in [3.05, 3.63) is 18.0 Å². The summed E-state index contributed by atoms with van der Waals surface area (Å²) in [5.41, 5.74) is 0.768. The quantitative estimate of drug-likeness (QED) is 0.839. The maximum absolute atomic E-state index is 12.7. The number of aryl methyl sites for hydroxylation is 1. The highest BCUT2D eigenvalue weighted by Gasteiger charge is 2.28. The first-order valence-electron chi connectivity index (χ1n) is 8.95. The summed E-state index contributed by atoms with van der Waals surface area (Å²) in [6, 6.07) is 3.95. The second-order valence-electron chi connectivity index (χ2n) is 6.86. The predicted octanol–water partition coefficient (Wildman–Crippen LogP) is 1.66. The number of aromatic nitrogens is 4. The molecule has 3 heterocycles. The molecule has 2 aromatic heterocycles. The zero-order valence-corrected chi connectivity index (χ0v) is 14.2. The van der Waals surface area contributed by atoms with Crippen molar-refractivity contribution < 1.29 is 4.79 Å². The maximum Gasteiger partial charge on any atom is 0.225 e. The summed E-state index contributed by atoms with van der Waals surface area (Å²) in [6.45, 7) is 5.31. The Morgan fingerprint density at radius 1 is 1.04 bits per heavy atom. The Hall–Kier alpha value is -2.18. The van der Waals surface area contributed by atoms with E-state index in [1.165, 1.54) is 12.8 Å². The zero-order chi connectivity index (χ0) is 16.5. The van der Waals surface area contributed by atoms with Gasteiger partial charge in [0.1, 0.15) is 5.82 Å². The Morgan fingerprint density at radius 2 is 1.88 bits per heavy atom. The lowest BCUT2D eigenvalue weighted by Gasteiger charge is -2.24. The van der Waals surface area contributed by atoms with E-state index in [2.05, 4.69) is 25.1 Å². The minimum absolute atomic E-state index is 0.269. The van der Waals surface area contributed by atoms with Crippen LogP contribution in [0.1, 0.15) is 37.9 Å². The molecule has 0 radical (unpaired) electrons. The number of nitrogens with zero attached hydrogens (tertiary/aromatic N) is 6. The van der Waals surface area contributed by atoms with Gasteiger partial charge in [0.25, 0.3) is 0 Å². The molecule has 4 rings (SSSR count). The summed E-state index contributed by atoms with van der Waals surface area (Å²) in [6.07, 6.45) is 5.55. The van der Waals surface area contributed by atoms with Crippen molar-refractivity contribution in [2.24, 2.45) is 5.92 Å².